The van der Waals surface area contributed by atoms with Crippen LogP contribution in [-0.2, 0) is 13.5 Å². The van der Waals surface area contributed by atoms with E-state index >= 15 is 0 Å². The smallest absolute Gasteiger partial charge is 0.267 e. The maximum Gasteiger partial charge on any atom is 0.267 e. The van der Waals surface area contributed by atoms with E-state index in [0.29, 0.717) is 24.2 Å². The van der Waals surface area contributed by atoms with Crippen molar-refractivity contribution in [3.63, 3.8) is 0 Å². The third-order valence-corrected chi connectivity index (χ3v) is 5.45. The fourth-order valence-electron chi connectivity index (χ4n) is 3.62. The predicted molar refractivity (Wildman–Crippen MR) is 117 cm³/mol. The Morgan fingerprint density at radius 2 is 2.00 bits per heavy atom. The van der Waals surface area contributed by atoms with Gasteiger partial charge in [-0.2, -0.15) is 0 Å². The van der Waals surface area contributed by atoms with E-state index < -0.39 is 17.2 Å². The molecule has 3 aromatic rings. The van der Waals surface area contributed by atoms with Crippen LogP contribution in [0.15, 0.2) is 35.3 Å². The first-order valence-corrected chi connectivity index (χ1v) is 10.4. The van der Waals surface area contributed by atoms with Crippen molar-refractivity contribution in [3.05, 3.63) is 63.3 Å². The third kappa shape index (κ3) is 4.10. The molecule has 0 bridgehead atoms. The molecule has 4 rings (SSSR count). The van der Waals surface area contributed by atoms with Crippen LogP contribution in [0.3, 0.4) is 0 Å². The van der Waals surface area contributed by atoms with E-state index in [4.69, 9.17) is 0 Å². The van der Waals surface area contributed by atoms with Gasteiger partial charge in [0.25, 0.3) is 11.5 Å². The Morgan fingerprint density at radius 3 is 2.65 bits per heavy atom. The summed E-state index contributed by atoms with van der Waals surface area (Å²) in [5.41, 5.74) is 2.10. The van der Waals surface area contributed by atoms with E-state index in [-0.39, 0.29) is 22.9 Å². The van der Waals surface area contributed by atoms with Gasteiger partial charge in [-0.15, -0.1) is 0 Å². The van der Waals surface area contributed by atoms with Gasteiger partial charge in [0.15, 0.2) is 5.75 Å². The molecule has 0 atom stereocenters. The lowest BCUT2D eigenvalue weighted by atomic mass is 10.0. The van der Waals surface area contributed by atoms with Gasteiger partial charge in [0, 0.05) is 37.8 Å². The van der Waals surface area contributed by atoms with Crippen molar-refractivity contribution < 1.29 is 14.3 Å². The number of rotatable bonds is 7. The summed E-state index contributed by atoms with van der Waals surface area (Å²) in [6.07, 6.45) is 4.68. The van der Waals surface area contributed by atoms with Crippen molar-refractivity contribution in [2.75, 3.05) is 11.9 Å². The number of nitrogens with one attached hydrogen (secondary N) is 2. The molecule has 0 radical (unpaired) electrons. The fraction of sp³-hybridized carbons (Fsp3) is 0.348. The summed E-state index contributed by atoms with van der Waals surface area (Å²) >= 11 is 0. The molecule has 3 N–H and O–H groups in total. The normalized spacial score (nSPS) is 13.4. The zero-order valence-electron chi connectivity index (χ0n) is 17.5. The standard InChI is InChI=1S/C23H25FN4O3/c1-3-10-25-18-14(11-13-4-6-15(24)7-5-13)12-26-19-20(18)28(2)23(31)17(21(19)29)22(30)27-16-8-9-16/h4-7,12,16,29H,3,8-11H2,1-2H3,(H,25,26)(H,27,30). The van der Waals surface area contributed by atoms with E-state index in [9.17, 15) is 19.1 Å². The highest BCUT2D eigenvalue weighted by molar-refractivity contribution is 6.04. The summed E-state index contributed by atoms with van der Waals surface area (Å²) in [5.74, 6) is -1.30. The van der Waals surface area contributed by atoms with Crippen molar-refractivity contribution in [2.24, 2.45) is 7.05 Å². The Kier molecular flexibility index (Phi) is 5.63. The van der Waals surface area contributed by atoms with Gasteiger partial charge in [-0.3, -0.25) is 14.6 Å². The monoisotopic (exact) mass is 424 g/mol. The lowest BCUT2D eigenvalue weighted by Gasteiger charge is -2.18. The van der Waals surface area contributed by atoms with Crippen molar-refractivity contribution in [1.82, 2.24) is 14.9 Å². The van der Waals surface area contributed by atoms with Crippen LogP contribution in [0, 0.1) is 5.82 Å². The summed E-state index contributed by atoms with van der Waals surface area (Å²) in [5, 5.41) is 16.9. The number of hydrogen-bond acceptors (Lipinski definition) is 5. The molecule has 2 aromatic heterocycles. The van der Waals surface area contributed by atoms with Crippen LogP contribution in [0.5, 0.6) is 5.75 Å². The number of fused-ring (bicyclic) bond motifs is 1. The Hall–Kier alpha value is -3.42. The summed E-state index contributed by atoms with van der Waals surface area (Å²) < 4.78 is 14.6. The van der Waals surface area contributed by atoms with Gasteiger partial charge in [0.1, 0.15) is 16.9 Å². The molecule has 7 nitrogen and oxygen atoms in total. The number of aromatic hydroxyl groups is 1. The van der Waals surface area contributed by atoms with Crippen LogP contribution in [0.25, 0.3) is 11.0 Å². The van der Waals surface area contributed by atoms with Crippen LogP contribution < -0.4 is 16.2 Å². The van der Waals surface area contributed by atoms with Crippen LogP contribution in [-0.4, -0.2) is 33.2 Å². The predicted octanol–water partition coefficient (Wildman–Crippen LogP) is 3.08. The fourth-order valence-corrected chi connectivity index (χ4v) is 3.62. The number of halogens is 1. The van der Waals surface area contributed by atoms with Gasteiger partial charge >= 0.3 is 0 Å². The highest BCUT2D eigenvalue weighted by Crippen LogP contribution is 2.33. The molecule has 0 aliphatic heterocycles. The zero-order chi connectivity index (χ0) is 22.1. The minimum Gasteiger partial charge on any atom is -0.505 e. The quantitative estimate of drug-likeness (QED) is 0.542. The first kappa shape index (κ1) is 20.8. The van der Waals surface area contributed by atoms with Crippen LogP contribution in [0.4, 0.5) is 10.1 Å². The number of carbonyl (C=O) groups excluding carboxylic acids is 1. The number of carbonyl (C=O) groups is 1. The highest BCUT2D eigenvalue weighted by Gasteiger charge is 2.29. The summed E-state index contributed by atoms with van der Waals surface area (Å²) in [6.45, 7) is 2.67. The molecule has 1 amide bonds. The number of hydrogen-bond donors (Lipinski definition) is 3. The lowest BCUT2D eigenvalue weighted by Crippen LogP contribution is -2.34. The van der Waals surface area contributed by atoms with Crippen LogP contribution in [0.1, 0.15) is 47.7 Å². The maximum absolute atomic E-state index is 13.3. The van der Waals surface area contributed by atoms with E-state index in [1.807, 2.05) is 6.92 Å². The van der Waals surface area contributed by atoms with Gasteiger partial charge in [-0.05, 0) is 37.0 Å². The summed E-state index contributed by atoms with van der Waals surface area (Å²) in [7, 11) is 1.57. The van der Waals surface area contributed by atoms with E-state index in [0.717, 1.165) is 30.4 Å². The number of benzene rings is 1. The lowest BCUT2D eigenvalue weighted by molar-refractivity contribution is 0.0946. The molecular weight excluding hydrogens is 399 g/mol. The molecule has 31 heavy (non-hydrogen) atoms. The van der Waals surface area contributed by atoms with Gasteiger partial charge < -0.3 is 20.3 Å². The second-order valence-corrected chi connectivity index (χ2v) is 7.92. The number of aromatic nitrogens is 2. The Balaban J connectivity index is 1.86. The first-order chi connectivity index (χ1) is 14.9. The number of amides is 1. The molecule has 1 saturated carbocycles. The molecule has 0 spiro atoms. The summed E-state index contributed by atoms with van der Waals surface area (Å²) in [4.78, 5) is 30.0. The summed E-state index contributed by atoms with van der Waals surface area (Å²) in [6, 6.07) is 6.25. The molecule has 0 unspecified atom stereocenters. The van der Waals surface area contributed by atoms with Crippen LogP contribution >= 0.6 is 0 Å². The average Bonchev–Trinajstić information content (AvgIpc) is 3.56. The largest absolute Gasteiger partial charge is 0.505 e. The van der Waals surface area contributed by atoms with Gasteiger partial charge in [-0.25, -0.2) is 4.39 Å². The molecule has 0 saturated heterocycles. The first-order valence-electron chi connectivity index (χ1n) is 10.4. The van der Waals surface area contributed by atoms with Crippen molar-refractivity contribution >= 4 is 22.6 Å². The molecule has 1 aliphatic rings. The van der Waals surface area contributed by atoms with E-state index in [1.54, 1.807) is 25.4 Å². The molecule has 8 heteroatoms. The van der Waals surface area contributed by atoms with Crippen LogP contribution in [0.2, 0.25) is 0 Å². The molecule has 2 heterocycles. The molecule has 1 aliphatic carbocycles. The maximum atomic E-state index is 13.3. The Bertz CT molecular complexity index is 1200. The third-order valence-electron chi connectivity index (χ3n) is 5.45. The van der Waals surface area contributed by atoms with Crippen molar-refractivity contribution in [1.29, 1.82) is 0 Å². The highest BCUT2D eigenvalue weighted by atomic mass is 19.1. The second-order valence-electron chi connectivity index (χ2n) is 7.92. The Morgan fingerprint density at radius 1 is 1.29 bits per heavy atom. The minimum atomic E-state index is -0.581. The van der Waals surface area contributed by atoms with Crippen molar-refractivity contribution in [2.45, 2.75) is 38.6 Å². The van der Waals surface area contributed by atoms with E-state index in [1.165, 1.54) is 16.7 Å². The van der Waals surface area contributed by atoms with Gasteiger partial charge in [-0.1, -0.05) is 19.1 Å². The molecule has 1 aromatic carbocycles. The zero-order valence-corrected chi connectivity index (χ0v) is 17.5. The Labute approximate surface area is 178 Å². The van der Waals surface area contributed by atoms with Crippen molar-refractivity contribution in [3.8, 4) is 5.75 Å². The molecular formula is C23H25FN4O3. The minimum absolute atomic E-state index is 0.0557. The number of anilines is 1. The molecule has 1 fully saturated rings. The number of nitrogens with zero attached hydrogens (tertiary/aromatic N) is 2. The number of aryl methyl sites for hydroxylation is 1. The van der Waals surface area contributed by atoms with Gasteiger partial charge in [0.2, 0.25) is 0 Å². The second kappa shape index (κ2) is 8.37. The number of pyridine rings is 2. The topological polar surface area (TPSA) is 96.2 Å². The van der Waals surface area contributed by atoms with E-state index in [2.05, 4.69) is 15.6 Å². The SMILES string of the molecule is CCCNc1c(Cc2ccc(F)cc2)cnc2c(O)c(C(=O)NC3CC3)c(=O)n(C)c12. The molecule has 162 valence electrons. The average molecular weight is 424 g/mol. The van der Waals surface area contributed by atoms with Gasteiger partial charge in [0.05, 0.1) is 11.2 Å².